The van der Waals surface area contributed by atoms with Crippen molar-refractivity contribution in [3.8, 4) is 22.9 Å². The number of aryl methyl sites for hydroxylation is 1. The van der Waals surface area contributed by atoms with Gasteiger partial charge < -0.3 is 14.7 Å². The van der Waals surface area contributed by atoms with Gasteiger partial charge in [0.05, 0.1) is 7.11 Å². The first-order valence-corrected chi connectivity index (χ1v) is 8.86. The second kappa shape index (κ2) is 8.12. The van der Waals surface area contributed by atoms with Gasteiger partial charge in [0.1, 0.15) is 17.3 Å². The van der Waals surface area contributed by atoms with Crippen molar-refractivity contribution in [2.24, 2.45) is 0 Å². The van der Waals surface area contributed by atoms with Crippen molar-refractivity contribution in [3.63, 3.8) is 0 Å². The molecule has 1 heterocycles. The average molecular weight is 382 g/mol. The lowest BCUT2D eigenvalue weighted by Gasteiger charge is -2.13. The smallest absolute Gasteiger partial charge is 0.221 e. The molecule has 6 nitrogen and oxygen atoms in total. The molecule has 2 aromatic carbocycles. The molecule has 0 fully saturated rings. The second-order valence-electron chi connectivity index (χ2n) is 6.64. The lowest BCUT2D eigenvalue weighted by molar-refractivity contribution is 0.415. The number of nitrogens with zero attached hydrogens (tertiary/aromatic N) is 3. The predicted octanol–water partition coefficient (Wildman–Crippen LogP) is 3.53. The zero-order valence-electron chi connectivity index (χ0n) is 16.1. The van der Waals surface area contributed by atoms with E-state index in [1.54, 1.807) is 38.2 Å². The van der Waals surface area contributed by atoms with Crippen LogP contribution >= 0.6 is 0 Å². The predicted molar refractivity (Wildman–Crippen MR) is 106 cm³/mol. The topological polar surface area (TPSA) is 74.4 Å². The highest BCUT2D eigenvalue weighted by atomic mass is 19.1. The molecule has 28 heavy (non-hydrogen) atoms. The largest absolute Gasteiger partial charge is 0.497 e. The number of methoxy groups -OCH3 is 1. The molecule has 0 spiro atoms. The Balaban J connectivity index is 1.99. The number of rotatable bonds is 5. The van der Waals surface area contributed by atoms with Crippen molar-refractivity contribution >= 4 is 5.96 Å². The zero-order valence-corrected chi connectivity index (χ0v) is 16.1. The van der Waals surface area contributed by atoms with E-state index < -0.39 is 0 Å². The molecule has 0 radical (unpaired) electrons. The third-order valence-electron chi connectivity index (χ3n) is 4.52. The first-order valence-electron chi connectivity index (χ1n) is 8.86. The van der Waals surface area contributed by atoms with Crippen molar-refractivity contribution < 1.29 is 14.2 Å². The molecular formula is C21H23FN4O2. The fourth-order valence-corrected chi connectivity index (χ4v) is 2.91. The zero-order chi connectivity index (χ0) is 20.3. The second-order valence-corrected chi connectivity index (χ2v) is 6.64. The van der Waals surface area contributed by atoms with Crippen LogP contribution in [0.4, 0.5) is 4.39 Å². The normalized spacial score (nSPS) is 10.7. The molecule has 0 saturated heterocycles. The Morgan fingerprint density at radius 1 is 1.11 bits per heavy atom. The summed E-state index contributed by atoms with van der Waals surface area (Å²) in [6.07, 6.45) is 1.11. The number of aromatic nitrogens is 2. The summed E-state index contributed by atoms with van der Waals surface area (Å²) in [6.45, 7) is 0. The van der Waals surface area contributed by atoms with Crippen LogP contribution in [0.3, 0.4) is 0 Å². The number of ether oxygens (including phenoxy) is 1. The molecule has 0 bridgehead atoms. The van der Waals surface area contributed by atoms with Gasteiger partial charge in [-0.2, -0.15) is 9.78 Å². The molecule has 3 aromatic rings. The van der Waals surface area contributed by atoms with Crippen LogP contribution in [0, 0.1) is 11.2 Å². The fourth-order valence-electron chi connectivity index (χ4n) is 2.91. The van der Waals surface area contributed by atoms with Gasteiger partial charge in [0, 0.05) is 25.2 Å². The number of benzene rings is 2. The molecule has 3 rings (SSSR count). The summed E-state index contributed by atoms with van der Waals surface area (Å²) < 4.78 is 19.6. The SMILES string of the molecule is COc1ccc(-c2nn(C(=N)N(C)C)c(O)c2CCc2ccc(F)cc2)cc1. The van der Waals surface area contributed by atoms with Crippen molar-refractivity contribution in [2.75, 3.05) is 21.2 Å². The minimum absolute atomic E-state index is 0.0558. The van der Waals surface area contributed by atoms with E-state index in [1.165, 1.54) is 16.8 Å². The van der Waals surface area contributed by atoms with Crippen LogP contribution in [-0.2, 0) is 12.8 Å². The highest BCUT2D eigenvalue weighted by molar-refractivity contribution is 5.81. The third kappa shape index (κ3) is 3.98. The molecular weight excluding hydrogens is 359 g/mol. The Kier molecular flexibility index (Phi) is 5.63. The average Bonchev–Trinajstić information content (AvgIpc) is 3.03. The highest BCUT2D eigenvalue weighted by Crippen LogP contribution is 2.32. The molecule has 0 aliphatic rings. The van der Waals surface area contributed by atoms with Crippen LogP contribution < -0.4 is 4.74 Å². The summed E-state index contributed by atoms with van der Waals surface area (Å²) in [7, 11) is 5.03. The van der Waals surface area contributed by atoms with Gasteiger partial charge in [-0.25, -0.2) is 4.39 Å². The first kappa shape index (κ1) is 19.4. The summed E-state index contributed by atoms with van der Waals surface area (Å²) >= 11 is 0. The number of halogens is 1. The van der Waals surface area contributed by atoms with E-state index in [-0.39, 0.29) is 17.7 Å². The van der Waals surface area contributed by atoms with Crippen molar-refractivity contribution in [1.29, 1.82) is 5.41 Å². The van der Waals surface area contributed by atoms with E-state index in [1.807, 2.05) is 24.3 Å². The minimum Gasteiger partial charge on any atom is -0.497 e. The summed E-state index contributed by atoms with van der Waals surface area (Å²) in [6, 6.07) is 13.7. The molecule has 2 N–H and O–H groups in total. The van der Waals surface area contributed by atoms with Crippen LogP contribution in [0.2, 0.25) is 0 Å². The molecule has 7 heteroatoms. The van der Waals surface area contributed by atoms with Gasteiger partial charge in [-0.3, -0.25) is 5.41 Å². The Hall–Kier alpha value is -3.35. The molecule has 0 amide bonds. The molecule has 0 unspecified atom stereocenters. The Bertz CT molecular complexity index is 963. The number of nitrogens with one attached hydrogen (secondary N) is 1. The van der Waals surface area contributed by atoms with E-state index in [0.29, 0.717) is 24.1 Å². The van der Waals surface area contributed by atoms with E-state index in [0.717, 1.165) is 16.9 Å². The monoisotopic (exact) mass is 382 g/mol. The molecule has 146 valence electrons. The molecule has 0 aliphatic carbocycles. The van der Waals surface area contributed by atoms with E-state index in [9.17, 15) is 9.50 Å². The summed E-state index contributed by atoms with van der Waals surface area (Å²) in [5, 5.41) is 23.4. The number of aromatic hydroxyl groups is 1. The Morgan fingerprint density at radius 3 is 2.32 bits per heavy atom. The summed E-state index contributed by atoms with van der Waals surface area (Å²) in [5.41, 5.74) is 3.02. The van der Waals surface area contributed by atoms with Gasteiger partial charge in [0.15, 0.2) is 0 Å². The lowest BCUT2D eigenvalue weighted by Crippen LogP contribution is -2.28. The standard InChI is InChI=1S/C21H23FN4O2/c1-25(2)21(23)26-20(27)18(13-6-14-4-9-16(22)10-5-14)19(24-26)15-7-11-17(28-3)12-8-15/h4-5,7-12,23,27H,6,13H2,1-3H3. The van der Waals surface area contributed by atoms with Crippen molar-refractivity contribution in [1.82, 2.24) is 14.7 Å². The summed E-state index contributed by atoms with van der Waals surface area (Å²) in [5.74, 6) is 0.436. The fraction of sp³-hybridized carbons (Fsp3) is 0.238. The van der Waals surface area contributed by atoms with Crippen LogP contribution in [0.5, 0.6) is 11.6 Å². The maximum absolute atomic E-state index is 13.1. The number of hydrogen-bond acceptors (Lipinski definition) is 4. The molecule has 0 aliphatic heterocycles. The summed E-state index contributed by atoms with van der Waals surface area (Å²) in [4.78, 5) is 1.56. The highest BCUT2D eigenvalue weighted by Gasteiger charge is 2.21. The van der Waals surface area contributed by atoms with Gasteiger partial charge >= 0.3 is 0 Å². The molecule has 1 aromatic heterocycles. The minimum atomic E-state index is -0.280. The molecule has 0 atom stereocenters. The van der Waals surface area contributed by atoms with Gasteiger partial charge in [0.25, 0.3) is 0 Å². The number of hydrogen-bond donors (Lipinski definition) is 2. The van der Waals surface area contributed by atoms with Crippen LogP contribution in [0.1, 0.15) is 11.1 Å². The van der Waals surface area contributed by atoms with Crippen LogP contribution in [-0.4, -0.2) is 47.0 Å². The van der Waals surface area contributed by atoms with Crippen LogP contribution in [0.15, 0.2) is 48.5 Å². The van der Waals surface area contributed by atoms with E-state index in [4.69, 9.17) is 10.1 Å². The van der Waals surface area contributed by atoms with E-state index >= 15 is 0 Å². The third-order valence-corrected chi connectivity index (χ3v) is 4.52. The van der Waals surface area contributed by atoms with Gasteiger partial charge in [-0.15, -0.1) is 0 Å². The van der Waals surface area contributed by atoms with E-state index in [2.05, 4.69) is 5.10 Å². The first-order chi connectivity index (χ1) is 13.4. The quantitative estimate of drug-likeness (QED) is 0.523. The Labute approximate surface area is 163 Å². The lowest BCUT2D eigenvalue weighted by atomic mass is 10.0. The molecule has 0 saturated carbocycles. The van der Waals surface area contributed by atoms with Gasteiger partial charge in [-0.1, -0.05) is 12.1 Å². The van der Waals surface area contributed by atoms with Crippen molar-refractivity contribution in [2.45, 2.75) is 12.8 Å². The van der Waals surface area contributed by atoms with Crippen molar-refractivity contribution in [3.05, 3.63) is 65.5 Å². The van der Waals surface area contributed by atoms with Crippen LogP contribution in [0.25, 0.3) is 11.3 Å². The maximum Gasteiger partial charge on any atom is 0.221 e. The maximum atomic E-state index is 13.1. The van der Waals surface area contributed by atoms with Gasteiger partial charge in [0.2, 0.25) is 11.8 Å². The van der Waals surface area contributed by atoms with Gasteiger partial charge in [-0.05, 0) is 54.8 Å². The Morgan fingerprint density at radius 2 is 1.75 bits per heavy atom.